The lowest BCUT2D eigenvalue weighted by Crippen LogP contribution is -2.46. The fourth-order valence-electron chi connectivity index (χ4n) is 3.56. The van der Waals surface area contributed by atoms with Crippen LogP contribution in [-0.2, 0) is 4.79 Å². The Kier molecular flexibility index (Phi) is 6.87. The third kappa shape index (κ3) is 5.28. The molecule has 0 aromatic heterocycles. The number of hydrogen-bond donors (Lipinski definition) is 2. The van der Waals surface area contributed by atoms with E-state index in [-0.39, 0.29) is 11.9 Å². The molecule has 1 aromatic carbocycles. The second-order valence-corrected chi connectivity index (χ2v) is 7.88. The molecular formula is C19H28N2O3S. The number of carbonyl (C=O) groups excluding carboxylic acids is 1. The number of thioether (sulfide) groups is 1. The molecule has 0 bridgehead atoms. The molecule has 0 radical (unpaired) electrons. The van der Waals surface area contributed by atoms with Crippen LogP contribution in [0.15, 0.2) is 23.1 Å². The number of nitrogens with two attached hydrogens (primary N) is 1. The molecule has 1 unspecified atom stereocenters. The van der Waals surface area contributed by atoms with Crippen molar-refractivity contribution in [3.05, 3.63) is 18.2 Å². The average Bonchev–Trinajstić information content (AvgIpc) is 2.66. The Bertz CT molecular complexity index is 576. The van der Waals surface area contributed by atoms with Gasteiger partial charge in [-0.2, -0.15) is 0 Å². The first-order valence-corrected chi connectivity index (χ1v) is 10.3. The third-order valence-corrected chi connectivity index (χ3v) is 5.93. The van der Waals surface area contributed by atoms with E-state index >= 15 is 0 Å². The van der Waals surface area contributed by atoms with Crippen LogP contribution in [0.2, 0.25) is 0 Å². The number of nitrogens with one attached hydrogen (secondary N) is 1. The van der Waals surface area contributed by atoms with Crippen LogP contribution in [0.25, 0.3) is 0 Å². The number of rotatable bonds is 7. The topological polar surface area (TPSA) is 73.6 Å². The van der Waals surface area contributed by atoms with Gasteiger partial charge in [0.15, 0.2) is 11.5 Å². The molecule has 3 rings (SSSR count). The summed E-state index contributed by atoms with van der Waals surface area (Å²) in [6.45, 7) is 1.72. The molecule has 0 spiro atoms. The lowest BCUT2D eigenvalue weighted by molar-refractivity contribution is -0.121. The summed E-state index contributed by atoms with van der Waals surface area (Å²) < 4.78 is 11.1. The van der Waals surface area contributed by atoms with Gasteiger partial charge in [0.2, 0.25) is 5.91 Å². The maximum atomic E-state index is 12.3. The molecule has 0 saturated heterocycles. The highest BCUT2D eigenvalue weighted by Crippen LogP contribution is 2.34. The maximum Gasteiger partial charge on any atom is 0.221 e. The van der Waals surface area contributed by atoms with Crippen molar-refractivity contribution in [2.24, 2.45) is 11.7 Å². The van der Waals surface area contributed by atoms with Crippen molar-refractivity contribution in [2.45, 2.75) is 49.5 Å². The smallest absolute Gasteiger partial charge is 0.221 e. The van der Waals surface area contributed by atoms with E-state index in [0.29, 0.717) is 32.1 Å². The number of hydrogen-bond acceptors (Lipinski definition) is 5. The molecular weight excluding hydrogens is 336 g/mol. The molecule has 1 heterocycles. The van der Waals surface area contributed by atoms with Gasteiger partial charge in [-0.3, -0.25) is 4.79 Å². The van der Waals surface area contributed by atoms with Crippen molar-refractivity contribution in [2.75, 3.05) is 25.5 Å². The molecule has 1 amide bonds. The van der Waals surface area contributed by atoms with Gasteiger partial charge >= 0.3 is 0 Å². The summed E-state index contributed by atoms with van der Waals surface area (Å²) in [5.74, 6) is 2.99. The Morgan fingerprint density at radius 3 is 2.72 bits per heavy atom. The van der Waals surface area contributed by atoms with Crippen molar-refractivity contribution in [1.29, 1.82) is 0 Å². The third-order valence-electron chi connectivity index (χ3n) is 4.93. The molecule has 5 nitrogen and oxygen atoms in total. The molecule has 1 aromatic rings. The van der Waals surface area contributed by atoms with Gasteiger partial charge in [-0.15, -0.1) is 11.8 Å². The normalized spacial score (nSPS) is 18.6. The van der Waals surface area contributed by atoms with E-state index in [1.807, 2.05) is 18.2 Å². The standard InChI is InChI=1S/C19H28N2O3S/c20-13-16(14-4-2-1-3-5-14)21-19(22)8-11-25-15-6-7-17-18(12-15)24-10-9-23-17/h6-7,12,14,16H,1-5,8-11,13,20H2,(H,21,22). The van der Waals surface area contributed by atoms with E-state index in [9.17, 15) is 4.79 Å². The first-order chi connectivity index (χ1) is 12.3. The van der Waals surface area contributed by atoms with Crippen molar-refractivity contribution >= 4 is 17.7 Å². The fraction of sp³-hybridized carbons (Fsp3) is 0.632. The first kappa shape index (κ1) is 18.4. The van der Waals surface area contributed by atoms with Gasteiger partial charge in [0, 0.05) is 29.7 Å². The average molecular weight is 365 g/mol. The van der Waals surface area contributed by atoms with Gasteiger partial charge in [0.25, 0.3) is 0 Å². The zero-order valence-corrected chi connectivity index (χ0v) is 15.5. The number of amides is 1. The second kappa shape index (κ2) is 9.34. The van der Waals surface area contributed by atoms with Crippen LogP contribution in [0, 0.1) is 5.92 Å². The Morgan fingerprint density at radius 1 is 1.20 bits per heavy atom. The Hall–Kier alpha value is -1.40. The molecule has 1 aliphatic heterocycles. The van der Waals surface area contributed by atoms with E-state index in [4.69, 9.17) is 15.2 Å². The van der Waals surface area contributed by atoms with Gasteiger partial charge < -0.3 is 20.5 Å². The van der Waals surface area contributed by atoms with Crippen molar-refractivity contribution in [1.82, 2.24) is 5.32 Å². The molecule has 3 N–H and O–H groups in total. The predicted molar refractivity (Wildman–Crippen MR) is 100 cm³/mol. The minimum atomic E-state index is 0.103. The number of carbonyl (C=O) groups is 1. The summed E-state index contributed by atoms with van der Waals surface area (Å²) >= 11 is 1.66. The van der Waals surface area contributed by atoms with E-state index in [0.717, 1.165) is 22.1 Å². The Balaban J connectivity index is 1.42. The maximum absolute atomic E-state index is 12.3. The van der Waals surface area contributed by atoms with E-state index in [1.54, 1.807) is 11.8 Å². The van der Waals surface area contributed by atoms with Crippen molar-refractivity contribution in [3.63, 3.8) is 0 Å². The SMILES string of the molecule is NCC(NC(=O)CCSc1ccc2c(c1)OCCO2)C1CCCCC1. The highest BCUT2D eigenvalue weighted by Gasteiger charge is 2.23. The summed E-state index contributed by atoms with van der Waals surface area (Å²) in [6, 6.07) is 6.07. The quantitative estimate of drug-likeness (QED) is 0.728. The number of ether oxygens (including phenoxy) is 2. The van der Waals surface area contributed by atoms with Gasteiger partial charge in [-0.05, 0) is 37.0 Å². The molecule has 6 heteroatoms. The molecule has 1 fully saturated rings. The van der Waals surface area contributed by atoms with E-state index < -0.39 is 0 Å². The summed E-state index contributed by atoms with van der Waals surface area (Å²) in [7, 11) is 0. The van der Waals surface area contributed by atoms with Crippen LogP contribution in [0.1, 0.15) is 38.5 Å². The lowest BCUT2D eigenvalue weighted by Gasteiger charge is -2.30. The van der Waals surface area contributed by atoms with Crippen LogP contribution in [0.4, 0.5) is 0 Å². The molecule has 138 valence electrons. The minimum Gasteiger partial charge on any atom is -0.486 e. The lowest BCUT2D eigenvalue weighted by atomic mass is 9.84. The Morgan fingerprint density at radius 2 is 1.96 bits per heavy atom. The fourth-order valence-corrected chi connectivity index (χ4v) is 4.44. The van der Waals surface area contributed by atoms with Crippen LogP contribution in [-0.4, -0.2) is 37.5 Å². The molecule has 1 saturated carbocycles. The summed E-state index contributed by atoms with van der Waals surface area (Å²) in [5, 5.41) is 3.15. The number of fused-ring (bicyclic) bond motifs is 1. The van der Waals surface area contributed by atoms with Gasteiger partial charge in [-0.25, -0.2) is 0 Å². The van der Waals surface area contributed by atoms with Crippen molar-refractivity contribution < 1.29 is 14.3 Å². The zero-order valence-electron chi connectivity index (χ0n) is 14.7. The predicted octanol–water partition coefficient (Wildman–Crippen LogP) is 2.96. The molecule has 25 heavy (non-hydrogen) atoms. The van der Waals surface area contributed by atoms with Gasteiger partial charge in [0.05, 0.1) is 0 Å². The summed E-state index contributed by atoms with van der Waals surface area (Å²) in [5.41, 5.74) is 5.89. The Labute approximate surface area is 154 Å². The molecule has 1 aliphatic carbocycles. The second-order valence-electron chi connectivity index (χ2n) is 6.71. The van der Waals surface area contributed by atoms with Gasteiger partial charge in [0.1, 0.15) is 13.2 Å². The minimum absolute atomic E-state index is 0.103. The zero-order chi connectivity index (χ0) is 17.5. The van der Waals surface area contributed by atoms with Crippen molar-refractivity contribution in [3.8, 4) is 11.5 Å². The first-order valence-electron chi connectivity index (χ1n) is 9.28. The summed E-state index contributed by atoms with van der Waals surface area (Å²) in [4.78, 5) is 13.4. The van der Waals surface area contributed by atoms with Crippen LogP contribution in [0.3, 0.4) is 0 Å². The van der Waals surface area contributed by atoms with Crippen LogP contribution >= 0.6 is 11.8 Å². The largest absolute Gasteiger partial charge is 0.486 e. The highest BCUT2D eigenvalue weighted by atomic mass is 32.2. The van der Waals surface area contributed by atoms with Crippen LogP contribution in [0.5, 0.6) is 11.5 Å². The van der Waals surface area contributed by atoms with Gasteiger partial charge in [-0.1, -0.05) is 19.3 Å². The van der Waals surface area contributed by atoms with E-state index in [2.05, 4.69) is 5.32 Å². The molecule has 1 atom stereocenters. The molecule has 2 aliphatic rings. The highest BCUT2D eigenvalue weighted by molar-refractivity contribution is 7.99. The van der Waals surface area contributed by atoms with Crippen LogP contribution < -0.4 is 20.5 Å². The monoisotopic (exact) mass is 364 g/mol. The summed E-state index contributed by atoms with van der Waals surface area (Å²) in [6.07, 6.45) is 6.71. The number of benzene rings is 1. The van der Waals surface area contributed by atoms with E-state index in [1.165, 1.54) is 32.1 Å².